The van der Waals surface area contributed by atoms with Gasteiger partial charge in [-0.3, -0.25) is 9.59 Å². The molecule has 2 atom stereocenters. The number of amides is 3. The first-order valence-corrected chi connectivity index (χ1v) is 12.5. The predicted molar refractivity (Wildman–Crippen MR) is 144 cm³/mol. The highest BCUT2D eigenvalue weighted by Gasteiger charge is 2.42. The molecule has 8 nitrogen and oxygen atoms in total. The molecule has 2 unspecified atom stereocenters. The van der Waals surface area contributed by atoms with E-state index in [-0.39, 0.29) is 18.2 Å². The van der Waals surface area contributed by atoms with Crippen LogP contribution in [0.4, 0.5) is 4.79 Å². The van der Waals surface area contributed by atoms with E-state index >= 15 is 0 Å². The van der Waals surface area contributed by atoms with Crippen LogP contribution in [-0.2, 0) is 20.9 Å². The molecule has 0 bridgehead atoms. The van der Waals surface area contributed by atoms with Gasteiger partial charge in [0.25, 0.3) is 0 Å². The van der Waals surface area contributed by atoms with Gasteiger partial charge in [-0.05, 0) is 70.7 Å². The van der Waals surface area contributed by atoms with Crippen LogP contribution >= 0.6 is 0 Å². The molecule has 0 aliphatic heterocycles. The van der Waals surface area contributed by atoms with Gasteiger partial charge < -0.3 is 25.4 Å². The minimum Gasteiger partial charge on any atom is -0.508 e. The lowest BCUT2D eigenvalue weighted by atomic mass is 9.93. The third-order valence-electron chi connectivity index (χ3n) is 5.57. The topological polar surface area (TPSA) is 108 Å². The Morgan fingerprint density at radius 3 is 2.08 bits per heavy atom. The summed E-state index contributed by atoms with van der Waals surface area (Å²) in [5, 5.41) is 15.8. The number of nitrogens with one attached hydrogen (secondary N) is 2. The number of ether oxygens (including phenoxy) is 1. The number of hydrogen-bond donors (Lipinski definition) is 3. The number of hydrogen-bond acceptors (Lipinski definition) is 5. The maximum atomic E-state index is 14.1. The Labute approximate surface area is 220 Å². The van der Waals surface area contributed by atoms with Crippen molar-refractivity contribution in [3.8, 4) is 5.75 Å². The summed E-state index contributed by atoms with van der Waals surface area (Å²) < 4.78 is 5.40. The monoisotopic (exact) mass is 511 g/mol. The van der Waals surface area contributed by atoms with Crippen molar-refractivity contribution < 1.29 is 24.2 Å². The maximum absolute atomic E-state index is 14.1. The van der Waals surface area contributed by atoms with Crippen LogP contribution < -0.4 is 10.6 Å². The van der Waals surface area contributed by atoms with Gasteiger partial charge in [0.1, 0.15) is 23.4 Å². The van der Waals surface area contributed by atoms with Gasteiger partial charge in [0, 0.05) is 12.1 Å². The molecular weight excluding hydrogens is 470 g/mol. The van der Waals surface area contributed by atoms with Crippen LogP contribution in [0.25, 0.3) is 0 Å². The highest BCUT2D eigenvalue weighted by atomic mass is 16.6. The molecule has 37 heavy (non-hydrogen) atoms. The summed E-state index contributed by atoms with van der Waals surface area (Å²) in [5.74, 6) is -1.15. The van der Waals surface area contributed by atoms with E-state index in [9.17, 15) is 19.5 Å². The third kappa shape index (κ3) is 8.81. The normalized spacial score (nSPS) is 13.4. The van der Waals surface area contributed by atoms with Gasteiger partial charge in [-0.1, -0.05) is 56.3 Å². The Morgan fingerprint density at radius 2 is 1.57 bits per heavy atom. The highest BCUT2D eigenvalue weighted by Crippen LogP contribution is 2.32. The quantitative estimate of drug-likeness (QED) is 0.466. The molecule has 0 radical (unpaired) electrons. The van der Waals surface area contributed by atoms with Crippen LogP contribution in [0, 0.1) is 5.92 Å². The van der Waals surface area contributed by atoms with Gasteiger partial charge in [0.2, 0.25) is 11.8 Å². The lowest BCUT2D eigenvalue weighted by molar-refractivity contribution is -0.149. The fraction of sp³-hybridized carbons (Fsp3) is 0.483. The fourth-order valence-electron chi connectivity index (χ4n) is 3.94. The van der Waals surface area contributed by atoms with E-state index < -0.39 is 41.1 Å². The van der Waals surface area contributed by atoms with Crippen LogP contribution in [0.2, 0.25) is 0 Å². The molecule has 0 heterocycles. The second-order valence-electron chi connectivity index (χ2n) is 11.4. The van der Waals surface area contributed by atoms with Crippen molar-refractivity contribution in [1.29, 1.82) is 0 Å². The Bertz CT molecular complexity index is 1070. The Kier molecular flexibility index (Phi) is 9.73. The summed E-state index contributed by atoms with van der Waals surface area (Å²) in [5.41, 5.74) is -0.195. The van der Waals surface area contributed by atoms with Gasteiger partial charge in [-0.25, -0.2) is 4.79 Å². The fourth-order valence-corrected chi connectivity index (χ4v) is 3.94. The van der Waals surface area contributed by atoms with E-state index in [1.54, 1.807) is 32.9 Å². The minimum atomic E-state index is -1.06. The van der Waals surface area contributed by atoms with Gasteiger partial charge >= 0.3 is 6.09 Å². The summed E-state index contributed by atoms with van der Waals surface area (Å²) in [7, 11) is 0. The van der Waals surface area contributed by atoms with Crippen molar-refractivity contribution >= 4 is 17.9 Å². The van der Waals surface area contributed by atoms with Crippen LogP contribution in [0.3, 0.4) is 0 Å². The highest BCUT2D eigenvalue weighted by molar-refractivity contribution is 5.92. The predicted octanol–water partition coefficient (Wildman–Crippen LogP) is 4.93. The van der Waals surface area contributed by atoms with Crippen LogP contribution in [0.5, 0.6) is 5.75 Å². The second-order valence-corrected chi connectivity index (χ2v) is 11.4. The number of alkyl carbamates (subject to hydrolysis) is 1. The molecule has 202 valence electrons. The summed E-state index contributed by atoms with van der Waals surface area (Å²) in [6.07, 6.45) is -0.712. The molecule has 2 aromatic carbocycles. The molecule has 0 spiro atoms. The second kappa shape index (κ2) is 12.1. The lowest BCUT2D eigenvalue weighted by Gasteiger charge is -2.43. The van der Waals surface area contributed by atoms with Gasteiger partial charge in [0.05, 0.1) is 0 Å². The van der Waals surface area contributed by atoms with Crippen molar-refractivity contribution in [1.82, 2.24) is 15.5 Å². The Morgan fingerprint density at radius 1 is 0.946 bits per heavy atom. The number of carbonyl (C=O) groups excluding carboxylic acids is 3. The van der Waals surface area contributed by atoms with E-state index in [1.165, 1.54) is 17.0 Å². The van der Waals surface area contributed by atoms with Crippen molar-refractivity contribution in [2.24, 2.45) is 5.92 Å². The Hall–Kier alpha value is -3.55. The van der Waals surface area contributed by atoms with E-state index in [2.05, 4.69) is 10.6 Å². The van der Waals surface area contributed by atoms with Crippen molar-refractivity contribution in [2.45, 2.75) is 85.2 Å². The smallest absolute Gasteiger partial charge is 0.408 e. The van der Waals surface area contributed by atoms with Gasteiger partial charge in [0.15, 0.2) is 0 Å². The SMILES string of the molecule is CC(C)C(NC(=O)OC(C)(C)C)C(=O)N(C(C(=O)NCc1ccccc1)c1cccc(O)c1)C(C)(C)C. The lowest BCUT2D eigenvalue weighted by Crippen LogP contribution is -2.59. The zero-order chi connectivity index (χ0) is 28.0. The number of nitrogens with zero attached hydrogens (tertiary/aromatic N) is 1. The van der Waals surface area contributed by atoms with Crippen LogP contribution in [0.15, 0.2) is 54.6 Å². The van der Waals surface area contributed by atoms with E-state index in [1.807, 2.05) is 65.0 Å². The summed E-state index contributed by atoms with van der Waals surface area (Å²) in [4.78, 5) is 41.9. The van der Waals surface area contributed by atoms with Crippen molar-refractivity contribution in [3.05, 3.63) is 65.7 Å². The third-order valence-corrected chi connectivity index (χ3v) is 5.57. The summed E-state index contributed by atoms with van der Waals surface area (Å²) >= 11 is 0. The molecule has 0 saturated heterocycles. The minimum absolute atomic E-state index is 0.0213. The van der Waals surface area contributed by atoms with E-state index in [0.717, 1.165) is 5.56 Å². The average molecular weight is 512 g/mol. The van der Waals surface area contributed by atoms with Crippen molar-refractivity contribution in [2.75, 3.05) is 0 Å². The van der Waals surface area contributed by atoms with Crippen LogP contribution in [0.1, 0.15) is 72.6 Å². The summed E-state index contributed by atoms with van der Waals surface area (Å²) in [6.45, 7) is 14.6. The molecule has 0 aliphatic carbocycles. The number of phenolic OH excluding ortho intramolecular Hbond substituents is 1. The first kappa shape index (κ1) is 29.7. The first-order chi connectivity index (χ1) is 17.1. The zero-order valence-corrected chi connectivity index (χ0v) is 23.2. The molecule has 0 fully saturated rings. The maximum Gasteiger partial charge on any atom is 0.408 e. The molecule has 0 saturated carbocycles. The molecule has 3 N–H and O–H groups in total. The standard InChI is InChI=1S/C29H41N3O5/c1-19(2)23(31-27(36)37-29(6,7)8)26(35)32(28(3,4)5)24(21-15-12-16-22(33)17-21)25(34)30-18-20-13-10-9-11-14-20/h9-17,19,23-24,33H,18H2,1-8H3,(H,30,34)(H,31,36). The molecule has 0 aromatic heterocycles. The zero-order valence-electron chi connectivity index (χ0n) is 23.2. The first-order valence-electron chi connectivity index (χ1n) is 12.5. The number of carbonyl (C=O) groups is 3. The molecule has 8 heteroatoms. The largest absolute Gasteiger partial charge is 0.508 e. The molecule has 3 amide bonds. The summed E-state index contributed by atoms with van der Waals surface area (Å²) in [6, 6.07) is 13.8. The molecule has 2 aromatic rings. The molecule has 2 rings (SSSR count). The number of rotatable bonds is 8. The van der Waals surface area contributed by atoms with E-state index in [4.69, 9.17) is 4.74 Å². The average Bonchev–Trinajstić information content (AvgIpc) is 2.77. The van der Waals surface area contributed by atoms with Gasteiger partial charge in [-0.2, -0.15) is 0 Å². The van der Waals surface area contributed by atoms with Crippen molar-refractivity contribution in [3.63, 3.8) is 0 Å². The Balaban J connectivity index is 2.50. The molecule has 0 aliphatic rings. The number of aromatic hydroxyl groups is 1. The number of benzene rings is 2. The van der Waals surface area contributed by atoms with Crippen LogP contribution in [-0.4, -0.2) is 45.1 Å². The van der Waals surface area contributed by atoms with E-state index in [0.29, 0.717) is 5.56 Å². The number of phenols is 1. The molecular formula is C29H41N3O5. The van der Waals surface area contributed by atoms with Gasteiger partial charge in [-0.15, -0.1) is 0 Å².